The highest BCUT2D eigenvalue weighted by Gasteiger charge is 2.15. The highest BCUT2D eigenvalue weighted by molar-refractivity contribution is 6.28. The van der Waals surface area contributed by atoms with Crippen LogP contribution in [0.15, 0.2) is 6.33 Å². The maximum Gasteiger partial charge on any atom is 0.224 e. The molecule has 0 aliphatic carbocycles. The summed E-state index contributed by atoms with van der Waals surface area (Å²) >= 11 is 5.64. The van der Waals surface area contributed by atoms with Crippen LogP contribution in [0.1, 0.15) is 20.3 Å². The first-order valence-electron chi connectivity index (χ1n) is 3.71. The van der Waals surface area contributed by atoms with Gasteiger partial charge in [0.2, 0.25) is 5.28 Å². The third-order valence-electron chi connectivity index (χ3n) is 1.52. The molecule has 5 heteroatoms. The van der Waals surface area contributed by atoms with E-state index in [4.69, 9.17) is 11.6 Å². The minimum Gasteiger partial charge on any atom is -0.304 e. The number of alkyl halides is 1. The largest absolute Gasteiger partial charge is 0.304 e. The molecule has 0 aliphatic heterocycles. The summed E-state index contributed by atoms with van der Waals surface area (Å²) in [5.74, 6) is 0. The maximum absolute atomic E-state index is 13.0. The molecule has 68 valence electrons. The Labute approximate surface area is 75.6 Å². The molecule has 1 aromatic heterocycles. The van der Waals surface area contributed by atoms with Gasteiger partial charge >= 0.3 is 0 Å². The number of aromatic nitrogens is 3. The lowest BCUT2D eigenvalue weighted by molar-refractivity contribution is 0.192. The smallest absolute Gasteiger partial charge is 0.224 e. The van der Waals surface area contributed by atoms with Gasteiger partial charge in [-0.05, 0) is 31.9 Å². The van der Waals surface area contributed by atoms with E-state index in [9.17, 15) is 4.39 Å². The average Bonchev–Trinajstić information content (AvgIpc) is 2.29. The van der Waals surface area contributed by atoms with Crippen molar-refractivity contribution in [1.82, 2.24) is 14.8 Å². The molecule has 0 saturated heterocycles. The summed E-state index contributed by atoms with van der Waals surface area (Å²) < 4.78 is 14.6. The van der Waals surface area contributed by atoms with Crippen molar-refractivity contribution < 1.29 is 4.39 Å². The second-order valence-electron chi connectivity index (χ2n) is 3.26. The van der Waals surface area contributed by atoms with Gasteiger partial charge in [-0.25, -0.2) is 4.39 Å². The summed E-state index contributed by atoms with van der Waals surface area (Å²) in [5.41, 5.74) is -1.17. The first-order valence-corrected chi connectivity index (χ1v) is 4.09. The summed E-state index contributed by atoms with van der Waals surface area (Å²) in [7, 11) is 0. The Morgan fingerprint density at radius 1 is 1.67 bits per heavy atom. The molecule has 1 heterocycles. The van der Waals surface area contributed by atoms with E-state index in [1.54, 1.807) is 4.57 Å². The minimum absolute atomic E-state index is 0.305. The topological polar surface area (TPSA) is 30.7 Å². The average molecular weight is 192 g/mol. The molecule has 1 rings (SSSR count). The van der Waals surface area contributed by atoms with Crippen LogP contribution in [0.5, 0.6) is 0 Å². The first kappa shape index (κ1) is 9.45. The lowest BCUT2D eigenvalue weighted by Crippen LogP contribution is -2.15. The standard InChI is InChI=1S/C7H11ClFN3/c1-7(2,9)3-4-12-5-10-11-6(12)8/h5H,3-4H2,1-2H3. The van der Waals surface area contributed by atoms with Gasteiger partial charge in [0.25, 0.3) is 0 Å². The number of hydrogen-bond donors (Lipinski definition) is 0. The van der Waals surface area contributed by atoms with Crippen LogP contribution in [-0.4, -0.2) is 20.4 Å². The lowest BCUT2D eigenvalue weighted by atomic mass is 10.1. The summed E-state index contributed by atoms with van der Waals surface area (Å²) in [6, 6.07) is 0. The molecule has 0 atom stereocenters. The normalized spacial score (nSPS) is 12.0. The summed E-state index contributed by atoms with van der Waals surface area (Å²) in [5, 5.41) is 7.46. The molecule has 0 aliphatic rings. The predicted octanol–water partition coefficient (Wildman–Crippen LogP) is 2.07. The zero-order chi connectivity index (χ0) is 9.19. The van der Waals surface area contributed by atoms with Crippen molar-refractivity contribution in [2.75, 3.05) is 0 Å². The molecule has 0 N–H and O–H groups in total. The van der Waals surface area contributed by atoms with E-state index in [1.165, 1.54) is 20.2 Å². The van der Waals surface area contributed by atoms with Crippen molar-refractivity contribution in [1.29, 1.82) is 0 Å². The van der Waals surface area contributed by atoms with E-state index in [2.05, 4.69) is 10.2 Å². The summed E-state index contributed by atoms with van der Waals surface area (Å²) in [4.78, 5) is 0. The Kier molecular flexibility index (Phi) is 2.67. The lowest BCUT2D eigenvalue weighted by Gasteiger charge is -2.13. The number of aryl methyl sites for hydroxylation is 1. The highest BCUT2D eigenvalue weighted by atomic mass is 35.5. The van der Waals surface area contributed by atoms with Gasteiger partial charge in [0.1, 0.15) is 12.0 Å². The Bertz CT molecular complexity index is 253. The molecule has 0 bridgehead atoms. The zero-order valence-electron chi connectivity index (χ0n) is 7.09. The van der Waals surface area contributed by atoms with Crippen molar-refractivity contribution in [2.45, 2.75) is 32.5 Å². The van der Waals surface area contributed by atoms with Crippen molar-refractivity contribution >= 4 is 11.6 Å². The molecule has 0 saturated carbocycles. The Morgan fingerprint density at radius 2 is 2.33 bits per heavy atom. The van der Waals surface area contributed by atoms with Crippen molar-refractivity contribution in [2.24, 2.45) is 0 Å². The molecule has 12 heavy (non-hydrogen) atoms. The van der Waals surface area contributed by atoms with Crippen molar-refractivity contribution in [3.63, 3.8) is 0 Å². The fourth-order valence-electron chi connectivity index (χ4n) is 0.777. The monoisotopic (exact) mass is 191 g/mol. The van der Waals surface area contributed by atoms with Gasteiger partial charge in [0.15, 0.2) is 0 Å². The number of hydrogen-bond acceptors (Lipinski definition) is 2. The summed E-state index contributed by atoms with van der Waals surface area (Å²) in [6.07, 6.45) is 1.90. The van der Waals surface area contributed by atoms with Gasteiger partial charge in [0, 0.05) is 6.54 Å². The zero-order valence-corrected chi connectivity index (χ0v) is 7.85. The van der Waals surface area contributed by atoms with Crippen molar-refractivity contribution in [3.8, 4) is 0 Å². The molecule has 0 spiro atoms. The maximum atomic E-state index is 13.0. The van der Waals surface area contributed by atoms with Crippen LogP contribution in [0, 0.1) is 0 Å². The van der Waals surface area contributed by atoms with Crippen LogP contribution in [-0.2, 0) is 6.54 Å². The molecule has 0 amide bonds. The van der Waals surface area contributed by atoms with Crippen LogP contribution < -0.4 is 0 Å². The molecular formula is C7H11ClFN3. The number of nitrogens with zero attached hydrogens (tertiary/aromatic N) is 3. The predicted molar refractivity (Wildman–Crippen MR) is 44.8 cm³/mol. The second-order valence-corrected chi connectivity index (χ2v) is 3.60. The fourth-order valence-corrected chi connectivity index (χ4v) is 0.949. The number of halogens is 2. The SMILES string of the molecule is CC(C)(F)CCn1cnnc1Cl. The molecular weight excluding hydrogens is 181 g/mol. The Balaban J connectivity index is 2.49. The Hall–Kier alpha value is -0.640. The van der Waals surface area contributed by atoms with Crippen LogP contribution in [0.2, 0.25) is 5.28 Å². The van der Waals surface area contributed by atoms with E-state index in [0.717, 1.165) is 0 Å². The van der Waals surface area contributed by atoms with Crippen molar-refractivity contribution in [3.05, 3.63) is 11.6 Å². The fraction of sp³-hybridized carbons (Fsp3) is 0.714. The molecule has 1 aromatic rings. The quantitative estimate of drug-likeness (QED) is 0.733. The summed E-state index contributed by atoms with van der Waals surface area (Å²) in [6.45, 7) is 3.58. The van der Waals surface area contributed by atoms with Gasteiger partial charge in [-0.1, -0.05) is 0 Å². The van der Waals surface area contributed by atoms with Crippen LogP contribution >= 0.6 is 11.6 Å². The van der Waals surface area contributed by atoms with Gasteiger partial charge in [-0.2, -0.15) is 0 Å². The van der Waals surface area contributed by atoms with Gasteiger partial charge in [-0.15, -0.1) is 10.2 Å². The van der Waals surface area contributed by atoms with E-state index in [0.29, 0.717) is 18.2 Å². The van der Waals surface area contributed by atoms with E-state index >= 15 is 0 Å². The highest BCUT2D eigenvalue weighted by Crippen LogP contribution is 2.15. The van der Waals surface area contributed by atoms with Gasteiger partial charge < -0.3 is 4.57 Å². The van der Waals surface area contributed by atoms with E-state index in [1.807, 2.05) is 0 Å². The molecule has 0 unspecified atom stereocenters. The number of rotatable bonds is 3. The molecule has 0 radical (unpaired) electrons. The molecule has 0 aromatic carbocycles. The molecule has 3 nitrogen and oxygen atoms in total. The first-order chi connectivity index (χ1) is 5.49. The van der Waals surface area contributed by atoms with Crippen LogP contribution in [0.4, 0.5) is 4.39 Å². The third-order valence-corrected chi connectivity index (χ3v) is 1.81. The van der Waals surface area contributed by atoms with Gasteiger partial charge in [-0.3, -0.25) is 0 Å². The second kappa shape index (κ2) is 3.39. The van der Waals surface area contributed by atoms with Gasteiger partial charge in [0.05, 0.1) is 0 Å². The Morgan fingerprint density at radius 3 is 2.75 bits per heavy atom. The molecule has 0 fully saturated rings. The van der Waals surface area contributed by atoms with E-state index in [-0.39, 0.29) is 0 Å². The van der Waals surface area contributed by atoms with E-state index < -0.39 is 5.67 Å². The minimum atomic E-state index is -1.17. The van der Waals surface area contributed by atoms with Crippen LogP contribution in [0.25, 0.3) is 0 Å². The van der Waals surface area contributed by atoms with Crippen LogP contribution in [0.3, 0.4) is 0 Å². The third kappa shape index (κ3) is 2.77.